The third-order valence-corrected chi connectivity index (χ3v) is 4.75. The Kier molecular flexibility index (Phi) is 5.41. The number of carbonyl (C=O) groups excluding carboxylic acids is 1. The lowest BCUT2D eigenvalue weighted by molar-refractivity contribution is -0.138. The van der Waals surface area contributed by atoms with Crippen LogP contribution in [0.15, 0.2) is 34.7 Å². The normalized spacial score (nSPS) is 12.9. The number of thioether (sulfide) groups is 1. The lowest BCUT2D eigenvalue weighted by Gasteiger charge is -2.13. The van der Waals surface area contributed by atoms with Crippen LogP contribution in [0.25, 0.3) is 0 Å². The van der Waals surface area contributed by atoms with Gasteiger partial charge in [-0.3, -0.25) is 4.79 Å². The molecule has 9 heteroatoms. The number of hydrogen-bond acceptors (Lipinski definition) is 5. The van der Waals surface area contributed by atoms with Crippen molar-refractivity contribution in [1.82, 2.24) is 15.5 Å². The molecule has 2 aromatic rings. The summed E-state index contributed by atoms with van der Waals surface area (Å²) in [6.45, 7) is 1.84. The van der Waals surface area contributed by atoms with Crippen LogP contribution in [-0.4, -0.2) is 21.9 Å². The molecule has 0 saturated heterocycles. The predicted molar refractivity (Wildman–Crippen MR) is 78.6 cm³/mol. The SMILES string of the molecule is C[C@@H](NC(=O)CSc1nnc(C(F)(F)F)s1)c1ccccc1. The van der Waals surface area contributed by atoms with Gasteiger partial charge in [0.2, 0.25) is 10.9 Å². The summed E-state index contributed by atoms with van der Waals surface area (Å²) in [5.41, 5.74) is 0.955. The molecule has 1 amide bonds. The number of alkyl halides is 3. The molecule has 4 nitrogen and oxygen atoms in total. The molecule has 22 heavy (non-hydrogen) atoms. The molecule has 0 aliphatic rings. The fourth-order valence-electron chi connectivity index (χ4n) is 1.62. The Morgan fingerprint density at radius 3 is 2.59 bits per heavy atom. The van der Waals surface area contributed by atoms with Gasteiger partial charge in [0.1, 0.15) is 0 Å². The van der Waals surface area contributed by atoms with Gasteiger partial charge in [-0.05, 0) is 12.5 Å². The molecule has 1 aromatic carbocycles. The van der Waals surface area contributed by atoms with Gasteiger partial charge < -0.3 is 5.32 Å². The van der Waals surface area contributed by atoms with Crippen molar-refractivity contribution in [3.05, 3.63) is 40.9 Å². The molecule has 1 N–H and O–H groups in total. The van der Waals surface area contributed by atoms with Gasteiger partial charge in [-0.2, -0.15) is 13.2 Å². The largest absolute Gasteiger partial charge is 0.445 e. The number of carbonyl (C=O) groups is 1. The number of halogens is 3. The smallest absolute Gasteiger partial charge is 0.349 e. The average Bonchev–Trinajstić information content (AvgIpc) is 2.95. The Morgan fingerprint density at radius 1 is 1.32 bits per heavy atom. The molecule has 0 unspecified atom stereocenters. The highest BCUT2D eigenvalue weighted by Gasteiger charge is 2.35. The molecular formula is C13H12F3N3OS2. The number of hydrogen-bond donors (Lipinski definition) is 1. The van der Waals surface area contributed by atoms with Crippen molar-refractivity contribution >= 4 is 29.0 Å². The van der Waals surface area contributed by atoms with E-state index in [1.54, 1.807) is 0 Å². The van der Waals surface area contributed by atoms with Crippen molar-refractivity contribution in [2.75, 3.05) is 5.75 Å². The Hall–Kier alpha value is -1.61. The summed E-state index contributed by atoms with van der Waals surface area (Å²) in [5, 5.41) is 8.26. The molecule has 0 fully saturated rings. The van der Waals surface area contributed by atoms with Gasteiger partial charge in [-0.15, -0.1) is 10.2 Å². The maximum atomic E-state index is 12.4. The van der Waals surface area contributed by atoms with Gasteiger partial charge >= 0.3 is 6.18 Å². The summed E-state index contributed by atoms with van der Waals surface area (Å²) in [5.74, 6) is -0.283. The van der Waals surface area contributed by atoms with E-state index in [0.717, 1.165) is 17.3 Å². The van der Waals surface area contributed by atoms with E-state index >= 15 is 0 Å². The number of nitrogens with one attached hydrogen (secondary N) is 1. The second kappa shape index (κ2) is 7.10. The number of rotatable bonds is 5. The van der Waals surface area contributed by atoms with Crippen molar-refractivity contribution in [1.29, 1.82) is 0 Å². The number of amides is 1. The maximum absolute atomic E-state index is 12.4. The van der Waals surface area contributed by atoms with Crippen LogP contribution in [0, 0.1) is 0 Å². The lowest BCUT2D eigenvalue weighted by Crippen LogP contribution is -2.28. The van der Waals surface area contributed by atoms with Crippen LogP contribution in [-0.2, 0) is 11.0 Å². The van der Waals surface area contributed by atoms with Crippen LogP contribution in [0.3, 0.4) is 0 Å². The van der Waals surface area contributed by atoms with Gasteiger partial charge in [0, 0.05) is 0 Å². The van der Waals surface area contributed by atoms with Crippen LogP contribution >= 0.6 is 23.1 Å². The van der Waals surface area contributed by atoms with E-state index in [9.17, 15) is 18.0 Å². The summed E-state index contributed by atoms with van der Waals surface area (Å²) in [6, 6.07) is 9.21. The first kappa shape index (κ1) is 16.8. The number of aromatic nitrogens is 2. The zero-order valence-electron chi connectivity index (χ0n) is 11.4. The molecular weight excluding hydrogens is 335 g/mol. The number of benzene rings is 1. The quantitative estimate of drug-likeness (QED) is 0.841. The summed E-state index contributed by atoms with van der Waals surface area (Å²) in [6.07, 6.45) is -4.50. The standard InChI is InChI=1S/C13H12F3N3OS2/c1-8(9-5-3-2-4-6-9)17-10(20)7-21-12-19-18-11(22-12)13(14,15)16/h2-6,8H,7H2,1H3,(H,17,20)/t8-/m1/s1. The minimum atomic E-state index is -4.50. The summed E-state index contributed by atoms with van der Waals surface area (Å²) in [4.78, 5) is 11.8. The van der Waals surface area contributed by atoms with E-state index in [1.807, 2.05) is 37.3 Å². The van der Waals surface area contributed by atoms with Crippen LogP contribution in [0.2, 0.25) is 0 Å². The molecule has 0 spiro atoms. The van der Waals surface area contributed by atoms with Crippen molar-refractivity contribution in [2.24, 2.45) is 0 Å². The fourth-order valence-corrected chi connectivity index (χ4v) is 3.15. The first-order valence-corrected chi connectivity index (χ1v) is 8.04. The maximum Gasteiger partial charge on any atom is 0.445 e. The van der Waals surface area contributed by atoms with Gasteiger partial charge in [-0.25, -0.2) is 0 Å². The minimum absolute atomic E-state index is 0.0103. The molecule has 118 valence electrons. The van der Waals surface area contributed by atoms with Gasteiger partial charge in [-0.1, -0.05) is 53.4 Å². The van der Waals surface area contributed by atoms with Crippen LogP contribution < -0.4 is 5.32 Å². The minimum Gasteiger partial charge on any atom is -0.349 e. The Labute approximate surface area is 133 Å². The third-order valence-electron chi connectivity index (χ3n) is 2.65. The van der Waals surface area contributed by atoms with E-state index in [1.165, 1.54) is 0 Å². The Morgan fingerprint density at radius 2 is 2.00 bits per heavy atom. The van der Waals surface area contributed by atoms with E-state index in [4.69, 9.17) is 0 Å². The van der Waals surface area contributed by atoms with E-state index in [-0.39, 0.29) is 22.0 Å². The molecule has 0 aliphatic carbocycles. The zero-order valence-corrected chi connectivity index (χ0v) is 13.1. The summed E-state index contributed by atoms with van der Waals surface area (Å²) in [7, 11) is 0. The molecule has 0 aliphatic heterocycles. The van der Waals surface area contributed by atoms with Crippen molar-refractivity contribution in [2.45, 2.75) is 23.5 Å². The highest BCUT2D eigenvalue weighted by Crippen LogP contribution is 2.34. The topological polar surface area (TPSA) is 54.9 Å². The molecule has 0 bridgehead atoms. The molecule has 1 atom stereocenters. The Bertz CT molecular complexity index is 631. The average molecular weight is 347 g/mol. The molecule has 1 aromatic heterocycles. The highest BCUT2D eigenvalue weighted by molar-refractivity contribution is 8.01. The van der Waals surface area contributed by atoms with E-state index < -0.39 is 11.2 Å². The van der Waals surface area contributed by atoms with Crippen molar-refractivity contribution in [3.63, 3.8) is 0 Å². The molecule has 0 saturated carbocycles. The lowest BCUT2D eigenvalue weighted by atomic mass is 10.1. The second-order valence-corrected chi connectivity index (χ2v) is 6.56. The molecule has 1 heterocycles. The highest BCUT2D eigenvalue weighted by atomic mass is 32.2. The first-order valence-electron chi connectivity index (χ1n) is 6.24. The van der Waals surface area contributed by atoms with Crippen LogP contribution in [0.4, 0.5) is 13.2 Å². The van der Waals surface area contributed by atoms with Crippen LogP contribution in [0.5, 0.6) is 0 Å². The van der Waals surface area contributed by atoms with Crippen molar-refractivity contribution in [3.8, 4) is 0 Å². The molecule has 0 radical (unpaired) electrons. The summed E-state index contributed by atoms with van der Waals surface area (Å²) < 4.78 is 37.3. The van der Waals surface area contributed by atoms with Crippen LogP contribution in [0.1, 0.15) is 23.5 Å². The predicted octanol–water partition coefficient (Wildman–Crippen LogP) is 3.53. The van der Waals surface area contributed by atoms with E-state index in [0.29, 0.717) is 11.3 Å². The zero-order chi connectivity index (χ0) is 16.2. The number of nitrogens with zero attached hydrogens (tertiary/aromatic N) is 2. The summed E-state index contributed by atoms with van der Waals surface area (Å²) >= 11 is 1.37. The van der Waals surface area contributed by atoms with E-state index in [2.05, 4.69) is 15.5 Å². The first-order chi connectivity index (χ1) is 10.4. The second-order valence-electron chi connectivity index (χ2n) is 4.36. The fraction of sp³-hybridized carbons (Fsp3) is 0.308. The Balaban J connectivity index is 1.84. The van der Waals surface area contributed by atoms with Gasteiger partial charge in [0.15, 0.2) is 4.34 Å². The third kappa shape index (κ3) is 4.70. The monoisotopic (exact) mass is 347 g/mol. The van der Waals surface area contributed by atoms with Gasteiger partial charge in [0.05, 0.1) is 11.8 Å². The van der Waals surface area contributed by atoms with Crippen molar-refractivity contribution < 1.29 is 18.0 Å². The van der Waals surface area contributed by atoms with Gasteiger partial charge in [0.25, 0.3) is 0 Å². The molecule has 2 rings (SSSR count).